The summed E-state index contributed by atoms with van der Waals surface area (Å²) in [6, 6.07) is 7.55. The molecule has 1 aliphatic heterocycles. The predicted molar refractivity (Wildman–Crippen MR) is 77.5 cm³/mol. The van der Waals surface area contributed by atoms with E-state index in [1.807, 2.05) is 24.3 Å². The van der Waals surface area contributed by atoms with Crippen molar-refractivity contribution >= 4 is 11.6 Å². The maximum absolute atomic E-state index is 9.85. The lowest BCUT2D eigenvalue weighted by Gasteiger charge is -2.28. The van der Waals surface area contributed by atoms with E-state index >= 15 is 0 Å². The lowest BCUT2D eigenvalue weighted by Crippen LogP contribution is -2.48. The summed E-state index contributed by atoms with van der Waals surface area (Å²) in [6.07, 6.45) is -0.541. The average molecular weight is 301 g/mol. The zero-order chi connectivity index (χ0) is 14.2. The minimum Gasteiger partial charge on any atom is -0.389 e. The molecule has 0 bridgehead atoms. The van der Waals surface area contributed by atoms with Gasteiger partial charge in [-0.15, -0.1) is 0 Å². The standard InChI is InChI=1S/C14H21ClN2O3/c15-14-4-2-1-3-12(14)10-20-11-13(18)9-16-17-5-7-19-8-6-17/h1-4,13,16,18H,5-11H2. The van der Waals surface area contributed by atoms with Crippen molar-refractivity contribution in [3.63, 3.8) is 0 Å². The molecule has 1 unspecified atom stereocenters. The van der Waals surface area contributed by atoms with Crippen molar-refractivity contribution in [2.45, 2.75) is 12.7 Å². The SMILES string of the molecule is OC(CNN1CCOCC1)COCc1ccccc1Cl. The molecule has 5 nitrogen and oxygen atoms in total. The first-order valence-corrected chi connectivity index (χ1v) is 7.19. The molecule has 6 heteroatoms. The van der Waals surface area contributed by atoms with Gasteiger partial charge in [-0.3, -0.25) is 5.43 Å². The summed E-state index contributed by atoms with van der Waals surface area (Å²) in [5.41, 5.74) is 4.11. The van der Waals surface area contributed by atoms with Gasteiger partial charge in [-0.1, -0.05) is 29.8 Å². The van der Waals surface area contributed by atoms with Crippen LogP contribution in [-0.4, -0.2) is 55.7 Å². The Morgan fingerprint density at radius 3 is 2.85 bits per heavy atom. The van der Waals surface area contributed by atoms with Crippen molar-refractivity contribution in [3.8, 4) is 0 Å². The molecular formula is C14H21ClN2O3. The van der Waals surface area contributed by atoms with Crippen molar-refractivity contribution in [3.05, 3.63) is 34.9 Å². The molecule has 0 radical (unpaired) electrons. The number of morpholine rings is 1. The number of aliphatic hydroxyl groups excluding tert-OH is 1. The minimum absolute atomic E-state index is 0.280. The molecule has 0 aliphatic carbocycles. The van der Waals surface area contributed by atoms with E-state index in [0.29, 0.717) is 18.2 Å². The maximum Gasteiger partial charge on any atom is 0.0911 e. The van der Waals surface area contributed by atoms with Gasteiger partial charge in [-0.25, -0.2) is 5.01 Å². The zero-order valence-corrected chi connectivity index (χ0v) is 12.2. The third kappa shape index (κ3) is 5.36. The Balaban J connectivity index is 1.60. The van der Waals surface area contributed by atoms with Crippen LogP contribution < -0.4 is 5.43 Å². The van der Waals surface area contributed by atoms with E-state index in [4.69, 9.17) is 21.1 Å². The first-order chi connectivity index (χ1) is 9.75. The fourth-order valence-electron chi connectivity index (χ4n) is 1.94. The number of hydrazine groups is 1. The molecule has 1 heterocycles. The zero-order valence-electron chi connectivity index (χ0n) is 11.4. The molecular weight excluding hydrogens is 280 g/mol. The van der Waals surface area contributed by atoms with E-state index in [1.54, 1.807) is 0 Å². The maximum atomic E-state index is 9.85. The van der Waals surface area contributed by atoms with E-state index in [9.17, 15) is 5.11 Å². The molecule has 0 amide bonds. The molecule has 1 aromatic rings. The Morgan fingerprint density at radius 1 is 1.35 bits per heavy atom. The highest BCUT2D eigenvalue weighted by Gasteiger charge is 2.12. The van der Waals surface area contributed by atoms with Gasteiger partial charge < -0.3 is 14.6 Å². The Morgan fingerprint density at radius 2 is 2.10 bits per heavy atom. The molecule has 1 aromatic carbocycles. The third-order valence-electron chi connectivity index (χ3n) is 3.09. The first kappa shape index (κ1) is 15.7. The van der Waals surface area contributed by atoms with Crippen LogP contribution in [0.5, 0.6) is 0 Å². The molecule has 112 valence electrons. The number of aliphatic hydroxyl groups is 1. The molecule has 1 aliphatic rings. The summed E-state index contributed by atoms with van der Waals surface area (Å²) in [6.45, 7) is 4.30. The number of rotatable bonds is 7. The van der Waals surface area contributed by atoms with Gasteiger partial charge in [0, 0.05) is 24.7 Å². The molecule has 0 aromatic heterocycles. The molecule has 20 heavy (non-hydrogen) atoms. The van der Waals surface area contributed by atoms with E-state index in [-0.39, 0.29) is 6.61 Å². The third-order valence-corrected chi connectivity index (χ3v) is 3.46. The van der Waals surface area contributed by atoms with Crippen molar-refractivity contribution in [1.82, 2.24) is 10.4 Å². The summed E-state index contributed by atoms with van der Waals surface area (Å²) in [5, 5.41) is 12.6. The van der Waals surface area contributed by atoms with Crippen molar-refractivity contribution in [2.75, 3.05) is 39.5 Å². The van der Waals surface area contributed by atoms with Gasteiger partial charge in [0.2, 0.25) is 0 Å². The van der Waals surface area contributed by atoms with Gasteiger partial charge in [0.15, 0.2) is 0 Å². The monoisotopic (exact) mass is 300 g/mol. The van der Waals surface area contributed by atoms with Crippen molar-refractivity contribution in [2.24, 2.45) is 0 Å². The van der Waals surface area contributed by atoms with Crippen molar-refractivity contribution in [1.29, 1.82) is 0 Å². The van der Waals surface area contributed by atoms with E-state index in [2.05, 4.69) is 10.4 Å². The number of nitrogens with zero attached hydrogens (tertiary/aromatic N) is 1. The predicted octanol–water partition coefficient (Wildman–Crippen LogP) is 1.05. The highest BCUT2D eigenvalue weighted by Crippen LogP contribution is 2.15. The summed E-state index contributed by atoms with van der Waals surface area (Å²) < 4.78 is 10.7. The molecule has 2 rings (SSSR count). The summed E-state index contributed by atoms with van der Waals surface area (Å²) in [4.78, 5) is 0. The van der Waals surface area contributed by atoms with Gasteiger partial charge in [-0.05, 0) is 11.6 Å². The summed E-state index contributed by atoms with van der Waals surface area (Å²) in [7, 11) is 0. The number of nitrogens with one attached hydrogen (secondary N) is 1. The van der Waals surface area contributed by atoms with Crippen LogP contribution in [0.15, 0.2) is 24.3 Å². The van der Waals surface area contributed by atoms with Crippen LogP contribution >= 0.6 is 11.6 Å². The van der Waals surface area contributed by atoms with Gasteiger partial charge in [0.25, 0.3) is 0 Å². The van der Waals surface area contributed by atoms with Crippen LogP contribution in [0.4, 0.5) is 0 Å². The first-order valence-electron chi connectivity index (χ1n) is 6.81. The fourth-order valence-corrected chi connectivity index (χ4v) is 2.13. The quantitative estimate of drug-likeness (QED) is 0.788. The van der Waals surface area contributed by atoms with Gasteiger partial charge >= 0.3 is 0 Å². The highest BCUT2D eigenvalue weighted by molar-refractivity contribution is 6.31. The van der Waals surface area contributed by atoms with Gasteiger partial charge in [0.1, 0.15) is 0 Å². The number of halogens is 1. The number of hydrogen-bond donors (Lipinski definition) is 2. The lowest BCUT2D eigenvalue weighted by molar-refractivity contribution is -0.0130. The average Bonchev–Trinajstić information content (AvgIpc) is 2.48. The number of benzene rings is 1. The molecule has 0 saturated carbocycles. The van der Waals surface area contributed by atoms with Crippen LogP contribution in [0, 0.1) is 0 Å². The topological polar surface area (TPSA) is 54.0 Å². The van der Waals surface area contributed by atoms with Crippen LogP contribution in [0.2, 0.25) is 5.02 Å². The Bertz CT molecular complexity index is 400. The normalized spacial score (nSPS) is 18.1. The number of ether oxygens (including phenoxy) is 2. The van der Waals surface area contributed by atoms with E-state index in [0.717, 1.165) is 31.9 Å². The summed E-state index contributed by atoms with van der Waals surface area (Å²) in [5.74, 6) is 0. The smallest absolute Gasteiger partial charge is 0.0911 e. The van der Waals surface area contributed by atoms with Crippen LogP contribution in [0.3, 0.4) is 0 Å². The second kappa shape index (κ2) is 8.56. The molecule has 1 fully saturated rings. The number of hydrogen-bond acceptors (Lipinski definition) is 5. The minimum atomic E-state index is -0.541. The molecule has 0 spiro atoms. The molecule has 1 atom stereocenters. The lowest BCUT2D eigenvalue weighted by atomic mass is 10.2. The van der Waals surface area contributed by atoms with Crippen molar-refractivity contribution < 1.29 is 14.6 Å². The Hall–Kier alpha value is -0.690. The second-order valence-corrected chi connectivity index (χ2v) is 5.13. The van der Waals surface area contributed by atoms with Gasteiger partial charge in [-0.2, -0.15) is 0 Å². The highest BCUT2D eigenvalue weighted by atomic mass is 35.5. The van der Waals surface area contributed by atoms with Crippen LogP contribution in [0.25, 0.3) is 0 Å². The largest absolute Gasteiger partial charge is 0.389 e. The molecule has 1 saturated heterocycles. The van der Waals surface area contributed by atoms with Gasteiger partial charge in [0.05, 0.1) is 32.5 Å². The van der Waals surface area contributed by atoms with Crippen LogP contribution in [-0.2, 0) is 16.1 Å². The fraction of sp³-hybridized carbons (Fsp3) is 0.571. The second-order valence-electron chi connectivity index (χ2n) is 4.72. The summed E-state index contributed by atoms with van der Waals surface area (Å²) >= 11 is 6.03. The van der Waals surface area contributed by atoms with E-state index in [1.165, 1.54) is 0 Å². The van der Waals surface area contributed by atoms with E-state index < -0.39 is 6.10 Å². The Labute approximate surface area is 124 Å². The molecule has 2 N–H and O–H groups in total. The van der Waals surface area contributed by atoms with Crippen LogP contribution in [0.1, 0.15) is 5.56 Å². The Kier molecular flexibility index (Phi) is 6.72.